The van der Waals surface area contributed by atoms with E-state index in [1.54, 1.807) is 0 Å². The van der Waals surface area contributed by atoms with Gasteiger partial charge in [-0.3, -0.25) is 0 Å². The summed E-state index contributed by atoms with van der Waals surface area (Å²) in [6.07, 6.45) is 3.80. The van der Waals surface area contributed by atoms with Gasteiger partial charge in [0.2, 0.25) is 0 Å². The number of likely N-dealkylation sites (tertiary alicyclic amines) is 1. The minimum atomic E-state index is 0.0290. The molecule has 1 aromatic heterocycles. The first-order valence-corrected chi connectivity index (χ1v) is 9.42. The zero-order valence-corrected chi connectivity index (χ0v) is 15.3. The average molecular weight is 368 g/mol. The molecule has 1 aliphatic heterocycles. The van der Waals surface area contributed by atoms with Crippen LogP contribution in [0.4, 0.5) is 4.79 Å². The monoisotopic (exact) mass is 367 g/mol. The highest BCUT2D eigenvalue weighted by Gasteiger charge is 2.26. The Balaban J connectivity index is 1.31. The number of aromatic nitrogens is 1. The van der Waals surface area contributed by atoms with Crippen LogP contribution in [0.2, 0.25) is 5.02 Å². The number of nitrogens with zero attached hydrogens (tertiary/aromatic N) is 1. The van der Waals surface area contributed by atoms with Gasteiger partial charge < -0.3 is 15.2 Å². The minimum absolute atomic E-state index is 0.0290. The summed E-state index contributed by atoms with van der Waals surface area (Å²) in [7, 11) is 0. The second-order valence-electron chi connectivity index (χ2n) is 6.83. The van der Waals surface area contributed by atoms with E-state index in [1.807, 2.05) is 35.4 Å². The van der Waals surface area contributed by atoms with Crippen LogP contribution in [0.1, 0.15) is 23.5 Å². The third-order valence-corrected chi connectivity index (χ3v) is 5.38. The smallest absolute Gasteiger partial charge is 0.317 e. The molecule has 1 fully saturated rings. The molecule has 4 rings (SSSR count). The maximum absolute atomic E-state index is 12.5. The number of aromatic amines is 1. The number of benzene rings is 2. The van der Waals surface area contributed by atoms with E-state index in [1.165, 1.54) is 11.1 Å². The maximum atomic E-state index is 12.5. The van der Waals surface area contributed by atoms with Crippen molar-refractivity contribution in [3.8, 4) is 0 Å². The van der Waals surface area contributed by atoms with Crippen molar-refractivity contribution in [2.24, 2.45) is 0 Å². The Bertz CT molecular complexity index is 906. The number of urea groups is 1. The first kappa shape index (κ1) is 17.0. The van der Waals surface area contributed by atoms with E-state index in [-0.39, 0.29) is 6.03 Å². The largest absolute Gasteiger partial charge is 0.361 e. The Labute approximate surface area is 158 Å². The third kappa shape index (κ3) is 3.56. The molecule has 1 saturated heterocycles. The van der Waals surface area contributed by atoms with Gasteiger partial charge in [-0.15, -0.1) is 0 Å². The summed E-state index contributed by atoms with van der Waals surface area (Å²) < 4.78 is 0. The van der Waals surface area contributed by atoms with Crippen molar-refractivity contribution in [1.29, 1.82) is 0 Å². The van der Waals surface area contributed by atoms with E-state index in [2.05, 4.69) is 34.6 Å². The summed E-state index contributed by atoms with van der Waals surface area (Å²) >= 11 is 6.09. The van der Waals surface area contributed by atoms with Crippen LogP contribution in [-0.2, 0) is 6.42 Å². The van der Waals surface area contributed by atoms with Gasteiger partial charge in [-0.1, -0.05) is 41.9 Å². The Morgan fingerprint density at radius 1 is 1.23 bits per heavy atom. The molecule has 0 radical (unpaired) electrons. The highest BCUT2D eigenvalue weighted by molar-refractivity contribution is 6.31. The number of hydrogen-bond acceptors (Lipinski definition) is 1. The van der Waals surface area contributed by atoms with Gasteiger partial charge in [0.25, 0.3) is 0 Å². The van der Waals surface area contributed by atoms with Gasteiger partial charge in [-0.2, -0.15) is 0 Å². The van der Waals surface area contributed by atoms with Gasteiger partial charge in [0.15, 0.2) is 0 Å². The second kappa shape index (κ2) is 7.42. The fourth-order valence-corrected chi connectivity index (χ4v) is 3.89. The summed E-state index contributed by atoms with van der Waals surface area (Å²) in [5.74, 6) is 0.442. The molecule has 0 bridgehead atoms. The molecule has 5 heteroatoms. The lowest BCUT2D eigenvalue weighted by Crippen LogP contribution is -2.39. The van der Waals surface area contributed by atoms with E-state index in [9.17, 15) is 4.79 Å². The highest BCUT2D eigenvalue weighted by atomic mass is 35.5. The van der Waals surface area contributed by atoms with Crippen LogP contribution >= 0.6 is 11.6 Å². The topological polar surface area (TPSA) is 48.1 Å². The van der Waals surface area contributed by atoms with Crippen molar-refractivity contribution in [2.75, 3.05) is 19.6 Å². The van der Waals surface area contributed by atoms with Gasteiger partial charge >= 0.3 is 6.03 Å². The molecule has 1 unspecified atom stereocenters. The van der Waals surface area contributed by atoms with Gasteiger partial charge in [0.1, 0.15) is 0 Å². The van der Waals surface area contributed by atoms with Crippen LogP contribution in [0.25, 0.3) is 10.9 Å². The number of carbonyl (C=O) groups excluding carboxylic acids is 1. The summed E-state index contributed by atoms with van der Waals surface area (Å²) in [4.78, 5) is 17.6. The van der Waals surface area contributed by atoms with Crippen LogP contribution < -0.4 is 5.32 Å². The van der Waals surface area contributed by atoms with Crippen molar-refractivity contribution in [1.82, 2.24) is 15.2 Å². The minimum Gasteiger partial charge on any atom is -0.361 e. The molecule has 1 aliphatic rings. The fraction of sp³-hybridized carbons (Fsp3) is 0.286. The zero-order valence-electron chi connectivity index (χ0n) is 14.5. The number of carbonyl (C=O) groups is 1. The summed E-state index contributed by atoms with van der Waals surface area (Å²) in [5, 5.41) is 4.90. The van der Waals surface area contributed by atoms with Gasteiger partial charge in [-0.25, -0.2) is 4.79 Å². The molecule has 4 nitrogen and oxygen atoms in total. The molecule has 2 amide bonds. The van der Waals surface area contributed by atoms with E-state index >= 15 is 0 Å². The molecule has 134 valence electrons. The zero-order chi connectivity index (χ0) is 17.9. The molecule has 0 aliphatic carbocycles. The van der Waals surface area contributed by atoms with E-state index in [0.717, 1.165) is 41.9 Å². The molecular formula is C21H22ClN3O. The number of rotatable bonds is 4. The lowest BCUT2D eigenvalue weighted by Gasteiger charge is -2.17. The SMILES string of the molecule is O=C(NCCc1c[nH]c2ccc(Cl)cc12)N1CCC(c2ccccc2)C1. The molecule has 1 atom stereocenters. The molecule has 3 aromatic rings. The van der Waals surface area contributed by atoms with Crippen molar-refractivity contribution in [3.05, 3.63) is 70.9 Å². The van der Waals surface area contributed by atoms with Crippen LogP contribution in [0, 0.1) is 0 Å². The molecule has 0 saturated carbocycles. The Kier molecular flexibility index (Phi) is 4.85. The summed E-state index contributed by atoms with van der Waals surface area (Å²) in [6, 6.07) is 16.3. The fourth-order valence-electron chi connectivity index (χ4n) is 3.72. The number of nitrogens with one attached hydrogen (secondary N) is 2. The van der Waals surface area contributed by atoms with E-state index in [4.69, 9.17) is 11.6 Å². The molecular weight excluding hydrogens is 346 g/mol. The van der Waals surface area contributed by atoms with E-state index < -0.39 is 0 Å². The third-order valence-electron chi connectivity index (χ3n) is 5.15. The molecule has 2 N–H and O–H groups in total. The molecule has 2 aromatic carbocycles. The van der Waals surface area contributed by atoms with Crippen LogP contribution in [-0.4, -0.2) is 35.5 Å². The number of halogens is 1. The van der Waals surface area contributed by atoms with Gasteiger partial charge in [0.05, 0.1) is 0 Å². The van der Waals surface area contributed by atoms with Crippen LogP contribution in [0.15, 0.2) is 54.7 Å². The van der Waals surface area contributed by atoms with Crippen LogP contribution in [0.5, 0.6) is 0 Å². The number of fused-ring (bicyclic) bond motifs is 1. The number of hydrogen-bond donors (Lipinski definition) is 2. The lowest BCUT2D eigenvalue weighted by molar-refractivity contribution is 0.208. The number of amides is 2. The second-order valence-corrected chi connectivity index (χ2v) is 7.26. The van der Waals surface area contributed by atoms with Crippen molar-refractivity contribution < 1.29 is 4.79 Å². The van der Waals surface area contributed by atoms with E-state index in [0.29, 0.717) is 12.5 Å². The highest BCUT2D eigenvalue weighted by Crippen LogP contribution is 2.27. The molecule has 26 heavy (non-hydrogen) atoms. The maximum Gasteiger partial charge on any atom is 0.317 e. The first-order valence-electron chi connectivity index (χ1n) is 9.04. The lowest BCUT2D eigenvalue weighted by atomic mass is 9.99. The van der Waals surface area contributed by atoms with Crippen LogP contribution in [0.3, 0.4) is 0 Å². The van der Waals surface area contributed by atoms with Crippen molar-refractivity contribution >= 4 is 28.5 Å². The molecule has 2 heterocycles. The first-order chi connectivity index (χ1) is 12.7. The number of H-pyrrole nitrogens is 1. The Morgan fingerprint density at radius 2 is 2.08 bits per heavy atom. The normalized spacial score (nSPS) is 17.0. The Morgan fingerprint density at radius 3 is 2.92 bits per heavy atom. The Hall–Kier alpha value is -2.46. The quantitative estimate of drug-likeness (QED) is 0.697. The van der Waals surface area contributed by atoms with Crippen molar-refractivity contribution in [2.45, 2.75) is 18.8 Å². The summed E-state index contributed by atoms with van der Waals surface area (Å²) in [6.45, 7) is 2.22. The van der Waals surface area contributed by atoms with Gasteiger partial charge in [0, 0.05) is 47.7 Å². The summed E-state index contributed by atoms with van der Waals surface area (Å²) in [5.41, 5.74) is 3.56. The predicted octanol–water partition coefficient (Wildman–Crippen LogP) is 4.56. The predicted molar refractivity (Wildman–Crippen MR) is 106 cm³/mol. The standard InChI is InChI=1S/C21H22ClN3O/c22-18-6-7-20-19(12-18)16(13-24-20)8-10-23-21(26)25-11-9-17(14-25)15-4-2-1-3-5-15/h1-7,12-13,17,24H,8-11,14H2,(H,23,26). The van der Waals surface area contributed by atoms with Crippen molar-refractivity contribution in [3.63, 3.8) is 0 Å². The average Bonchev–Trinajstić information content (AvgIpc) is 3.30. The van der Waals surface area contributed by atoms with Gasteiger partial charge in [-0.05, 0) is 42.2 Å². The molecule has 0 spiro atoms.